The lowest BCUT2D eigenvalue weighted by atomic mass is 9.87. The minimum atomic E-state index is 0.217. The van der Waals surface area contributed by atoms with E-state index in [1.54, 1.807) is 0 Å². The van der Waals surface area contributed by atoms with Gasteiger partial charge in [0, 0.05) is 16.7 Å². The van der Waals surface area contributed by atoms with Gasteiger partial charge < -0.3 is 15.0 Å². The summed E-state index contributed by atoms with van der Waals surface area (Å²) in [6.45, 7) is 8.97. The standard InChI is InChI=1S/C26H35BrN2O/c1-19(2)30-23-7-8-25(27)22(18-23)17-20-10-14-29(15-11-20)16-12-21-9-13-28-26-6-4-3-5-24(21)26/h3-8,18-21,28H,9-17H2,1-2H3. The molecule has 2 aliphatic rings. The van der Waals surface area contributed by atoms with Gasteiger partial charge in [-0.15, -0.1) is 0 Å². The summed E-state index contributed by atoms with van der Waals surface area (Å²) in [7, 11) is 0. The van der Waals surface area contributed by atoms with E-state index in [-0.39, 0.29) is 6.10 Å². The number of likely N-dealkylation sites (tertiary alicyclic amines) is 1. The summed E-state index contributed by atoms with van der Waals surface area (Å²) in [5, 5.41) is 3.55. The zero-order chi connectivity index (χ0) is 20.9. The Morgan fingerprint density at radius 1 is 1.10 bits per heavy atom. The van der Waals surface area contributed by atoms with Crippen LogP contribution in [0.4, 0.5) is 5.69 Å². The predicted molar refractivity (Wildman–Crippen MR) is 130 cm³/mol. The number of nitrogens with zero attached hydrogens (tertiary/aromatic N) is 1. The number of ether oxygens (including phenoxy) is 1. The van der Waals surface area contributed by atoms with Crippen molar-refractivity contribution in [3.05, 3.63) is 58.1 Å². The molecular formula is C26H35BrN2O. The van der Waals surface area contributed by atoms with Crippen molar-refractivity contribution in [1.82, 2.24) is 4.90 Å². The van der Waals surface area contributed by atoms with Crippen molar-refractivity contribution in [1.29, 1.82) is 0 Å². The maximum Gasteiger partial charge on any atom is 0.120 e. The highest BCUT2D eigenvalue weighted by atomic mass is 79.9. The second kappa shape index (κ2) is 10.2. The van der Waals surface area contributed by atoms with Gasteiger partial charge in [-0.25, -0.2) is 0 Å². The molecule has 1 N–H and O–H groups in total. The molecule has 2 aromatic rings. The van der Waals surface area contributed by atoms with E-state index in [0.29, 0.717) is 5.92 Å². The molecule has 4 rings (SSSR count). The first-order valence-electron chi connectivity index (χ1n) is 11.6. The van der Waals surface area contributed by atoms with Gasteiger partial charge in [-0.1, -0.05) is 34.1 Å². The number of hydrogen-bond acceptors (Lipinski definition) is 3. The zero-order valence-corrected chi connectivity index (χ0v) is 20.0. The van der Waals surface area contributed by atoms with E-state index in [1.165, 1.54) is 66.6 Å². The SMILES string of the molecule is CC(C)Oc1ccc(Br)c(CC2CCN(CCC3CCNc4ccccc43)CC2)c1. The number of para-hydroxylation sites is 1. The van der Waals surface area contributed by atoms with Crippen LogP contribution in [0.25, 0.3) is 0 Å². The molecule has 0 aliphatic carbocycles. The van der Waals surface area contributed by atoms with Crippen molar-refractivity contribution in [3.63, 3.8) is 0 Å². The van der Waals surface area contributed by atoms with Crippen LogP contribution >= 0.6 is 15.9 Å². The van der Waals surface area contributed by atoms with Crippen LogP contribution < -0.4 is 10.1 Å². The fourth-order valence-electron chi connectivity index (χ4n) is 4.97. The second-order valence-electron chi connectivity index (χ2n) is 9.20. The van der Waals surface area contributed by atoms with E-state index in [2.05, 4.69) is 82.5 Å². The van der Waals surface area contributed by atoms with Gasteiger partial charge in [0.2, 0.25) is 0 Å². The van der Waals surface area contributed by atoms with Crippen molar-refractivity contribution >= 4 is 21.6 Å². The topological polar surface area (TPSA) is 24.5 Å². The summed E-state index contributed by atoms with van der Waals surface area (Å²) < 4.78 is 7.11. The molecule has 0 bridgehead atoms. The Morgan fingerprint density at radius 3 is 2.70 bits per heavy atom. The lowest BCUT2D eigenvalue weighted by molar-refractivity contribution is 0.178. The number of halogens is 1. The maximum atomic E-state index is 5.90. The van der Waals surface area contributed by atoms with Gasteiger partial charge in [-0.3, -0.25) is 0 Å². The largest absolute Gasteiger partial charge is 0.491 e. The molecule has 1 saturated heterocycles. The van der Waals surface area contributed by atoms with Crippen LogP contribution in [-0.4, -0.2) is 37.2 Å². The van der Waals surface area contributed by atoms with Crippen LogP contribution in [0.15, 0.2) is 46.9 Å². The monoisotopic (exact) mass is 470 g/mol. The molecule has 1 fully saturated rings. The van der Waals surface area contributed by atoms with Gasteiger partial charge in [0.1, 0.15) is 5.75 Å². The summed E-state index contributed by atoms with van der Waals surface area (Å²) in [4.78, 5) is 2.69. The van der Waals surface area contributed by atoms with Crippen LogP contribution in [-0.2, 0) is 6.42 Å². The molecule has 0 spiro atoms. The maximum absolute atomic E-state index is 5.90. The molecule has 162 valence electrons. The van der Waals surface area contributed by atoms with E-state index >= 15 is 0 Å². The predicted octanol–water partition coefficient (Wildman–Crippen LogP) is 6.48. The summed E-state index contributed by atoms with van der Waals surface area (Å²) >= 11 is 3.75. The van der Waals surface area contributed by atoms with Gasteiger partial charge in [0.15, 0.2) is 0 Å². The minimum Gasteiger partial charge on any atom is -0.491 e. The van der Waals surface area contributed by atoms with Gasteiger partial charge in [0.25, 0.3) is 0 Å². The van der Waals surface area contributed by atoms with Gasteiger partial charge in [0.05, 0.1) is 6.10 Å². The van der Waals surface area contributed by atoms with Crippen LogP contribution in [0.2, 0.25) is 0 Å². The number of rotatable bonds is 7. The fourth-order valence-corrected chi connectivity index (χ4v) is 5.38. The molecule has 0 amide bonds. The number of nitrogens with one attached hydrogen (secondary N) is 1. The first-order valence-corrected chi connectivity index (χ1v) is 12.4. The molecule has 0 aromatic heterocycles. The Kier molecular flexibility index (Phi) is 7.37. The minimum absolute atomic E-state index is 0.217. The third-order valence-electron chi connectivity index (χ3n) is 6.61. The molecule has 0 radical (unpaired) electrons. The first kappa shape index (κ1) is 21.7. The van der Waals surface area contributed by atoms with Gasteiger partial charge in [-0.2, -0.15) is 0 Å². The summed E-state index contributed by atoms with van der Waals surface area (Å²) in [6, 6.07) is 15.3. The molecule has 1 unspecified atom stereocenters. The highest BCUT2D eigenvalue weighted by Crippen LogP contribution is 2.34. The Hall–Kier alpha value is -1.52. The van der Waals surface area contributed by atoms with Crippen molar-refractivity contribution in [2.24, 2.45) is 5.92 Å². The van der Waals surface area contributed by atoms with Crippen molar-refractivity contribution in [2.75, 3.05) is 31.5 Å². The van der Waals surface area contributed by atoms with E-state index < -0.39 is 0 Å². The molecule has 2 aliphatic heterocycles. The Bertz CT molecular complexity index is 830. The highest BCUT2D eigenvalue weighted by molar-refractivity contribution is 9.10. The second-order valence-corrected chi connectivity index (χ2v) is 10.1. The number of piperidine rings is 1. The molecule has 0 saturated carbocycles. The smallest absolute Gasteiger partial charge is 0.120 e. The lowest BCUT2D eigenvalue weighted by Crippen LogP contribution is -2.36. The van der Waals surface area contributed by atoms with Crippen LogP contribution in [0.3, 0.4) is 0 Å². The van der Waals surface area contributed by atoms with Crippen molar-refractivity contribution in [3.8, 4) is 5.75 Å². The fraction of sp³-hybridized carbons (Fsp3) is 0.538. The third kappa shape index (κ3) is 5.59. The Labute approximate surface area is 190 Å². The lowest BCUT2D eigenvalue weighted by Gasteiger charge is -2.34. The molecule has 1 atom stereocenters. The third-order valence-corrected chi connectivity index (χ3v) is 7.38. The zero-order valence-electron chi connectivity index (χ0n) is 18.4. The normalized spacial score (nSPS) is 20.1. The van der Waals surface area contributed by atoms with E-state index in [1.807, 2.05) is 0 Å². The Morgan fingerprint density at radius 2 is 1.90 bits per heavy atom. The van der Waals surface area contributed by atoms with Crippen LogP contribution in [0.5, 0.6) is 5.75 Å². The highest BCUT2D eigenvalue weighted by Gasteiger charge is 2.23. The van der Waals surface area contributed by atoms with Crippen LogP contribution in [0, 0.1) is 5.92 Å². The Balaban J connectivity index is 1.26. The molecular weight excluding hydrogens is 436 g/mol. The van der Waals surface area contributed by atoms with E-state index in [0.717, 1.165) is 24.6 Å². The average molecular weight is 471 g/mol. The molecule has 4 heteroatoms. The van der Waals surface area contributed by atoms with Crippen molar-refractivity contribution in [2.45, 2.75) is 58.0 Å². The van der Waals surface area contributed by atoms with Crippen LogP contribution in [0.1, 0.15) is 56.6 Å². The quantitative estimate of drug-likeness (QED) is 0.500. The molecule has 2 heterocycles. The van der Waals surface area contributed by atoms with Gasteiger partial charge in [-0.05, 0) is 113 Å². The number of benzene rings is 2. The van der Waals surface area contributed by atoms with Crippen molar-refractivity contribution < 1.29 is 4.74 Å². The number of fused-ring (bicyclic) bond motifs is 1. The summed E-state index contributed by atoms with van der Waals surface area (Å²) in [6.07, 6.45) is 6.49. The summed E-state index contributed by atoms with van der Waals surface area (Å²) in [5.74, 6) is 2.47. The van der Waals surface area contributed by atoms with Gasteiger partial charge >= 0.3 is 0 Å². The van der Waals surface area contributed by atoms with E-state index in [4.69, 9.17) is 4.74 Å². The molecule has 30 heavy (non-hydrogen) atoms. The average Bonchev–Trinajstić information content (AvgIpc) is 2.75. The number of hydrogen-bond donors (Lipinski definition) is 1. The first-order chi connectivity index (χ1) is 14.6. The molecule has 2 aromatic carbocycles. The summed E-state index contributed by atoms with van der Waals surface area (Å²) in [5.41, 5.74) is 4.26. The number of anilines is 1. The molecule has 3 nitrogen and oxygen atoms in total. The van der Waals surface area contributed by atoms with E-state index in [9.17, 15) is 0 Å².